The maximum absolute atomic E-state index is 12.4. The highest BCUT2D eigenvalue weighted by Crippen LogP contribution is 2.31. The molecule has 0 aromatic heterocycles. The quantitative estimate of drug-likeness (QED) is 0.908. The number of aromatic carboxylic acids is 1. The summed E-state index contributed by atoms with van der Waals surface area (Å²) in [6.45, 7) is 0. The average molecular weight is 347 g/mol. The summed E-state index contributed by atoms with van der Waals surface area (Å²) in [7, 11) is -3.44. The topological polar surface area (TPSA) is 71.4 Å². The second-order valence-corrected chi connectivity index (χ2v) is 7.74. The van der Waals surface area contributed by atoms with E-state index >= 15 is 0 Å². The number of hydrogen-bond donors (Lipinski definition) is 1. The van der Waals surface area contributed by atoms with Crippen LogP contribution in [0.4, 0.5) is 0 Å². The highest BCUT2D eigenvalue weighted by Gasteiger charge is 2.26. The van der Waals surface area contributed by atoms with Gasteiger partial charge in [-0.2, -0.15) is 0 Å². The predicted octanol–water partition coefficient (Wildman–Crippen LogP) is 3.11. The van der Waals surface area contributed by atoms with Crippen molar-refractivity contribution >= 4 is 31.7 Å². The summed E-state index contributed by atoms with van der Waals surface area (Å²) in [5.41, 5.74) is -0.00630. The van der Waals surface area contributed by atoms with Gasteiger partial charge in [-0.1, -0.05) is 12.8 Å². The Hall–Kier alpha value is -0.880. The van der Waals surface area contributed by atoms with Crippen molar-refractivity contribution in [1.29, 1.82) is 0 Å². The van der Waals surface area contributed by atoms with Crippen LogP contribution in [-0.4, -0.2) is 25.2 Å². The van der Waals surface area contributed by atoms with E-state index < -0.39 is 15.8 Å². The van der Waals surface area contributed by atoms with Gasteiger partial charge in [0, 0.05) is 4.47 Å². The maximum Gasteiger partial charge on any atom is 0.335 e. The number of carboxylic acids is 1. The summed E-state index contributed by atoms with van der Waals surface area (Å²) >= 11 is 3.19. The molecule has 0 radical (unpaired) electrons. The average Bonchev–Trinajstić information content (AvgIpc) is 2.81. The van der Waals surface area contributed by atoms with Crippen LogP contribution >= 0.6 is 15.9 Å². The fourth-order valence-corrected chi connectivity index (χ4v) is 5.24. The van der Waals surface area contributed by atoms with E-state index in [0.717, 1.165) is 25.7 Å². The number of halogens is 1. The van der Waals surface area contributed by atoms with Gasteiger partial charge in [-0.05, 0) is 52.9 Å². The van der Waals surface area contributed by atoms with E-state index in [-0.39, 0.29) is 22.1 Å². The molecule has 0 saturated heterocycles. The molecule has 1 aromatic rings. The van der Waals surface area contributed by atoms with Crippen LogP contribution in [0.25, 0.3) is 0 Å². The fraction of sp³-hybridized carbons (Fsp3) is 0.462. The van der Waals surface area contributed by atoms with Gasteiger partial charge in [0.25, 0.3) is 0 Å². The first-order valence-corrected chi connectivity index (χ1v) is 8.60. The summed E-state index contributed by atoms with van der Waals surface area (Å²) in [5, 5.41) is 8.94. The van der Waals surface area contributed by atoms with Crippen molar-refractivity contribution in [1.82, 2.24) is 0 Å². The second kappa shape index (κ2) is 5.63. The van der Waals surface area contributed by atoms with Crippen LogP contribution in [0.3, 0.4) is 0 Å². The monoisotopic (exact) mass is 346 g/mol. The van der Waals surface area contributed by atoms with Crippen molar-refractivity contribution in [2.75, 3.05) is 5.75 Å². The number of sulfone groups is 1. The summed E-state index contributed by atoms with van der Waals surface area (Å²) in [5.74, 6) is -0.815. The lowest BCUT2D eigenvalue weighted by Crippen LogP contribution is -2.15. The zero-order chi connectivity index (χ0) is 14.0. The smallest absolute Gasteiger partial charge is 0.335 e. The predicted molar refractivity (Wildman–Crippen MR) is 75.1 cm³/mol. The molecule has 19 heavy (non-hydrogen) atoms. The van der Waals surface area contributed by atoms with Gasteiger partial charge in [-0.3, -0.25) is 0 Å². The summed E-state index contributed by atoms with van der Waals surface area (Å²) in [6, 6.07) is 4.10. The Morgan fingerprint density at radius 1 is 1.32 bits per heavy atom. The SMILES string of the molecule is O=C(O)c1ccc(Br)c(S(=O)(=O)CC2CCCC2)c1. The zero-order valence-corrected chi connectivity index (χ0v) is 12.7. The van der Waals surface area contributed by atoms with E-state index in [0.29, 0.717) is 4.47 Å². The minimum Gasteiger partial charge on any atom is -0.478 e. The lowest BCUT2D eigenvalue weighted by Gasteiger charge is -2.12. The molecule has 1 aromatic carbocycles. The number of hydrogen-bond acceptors (Lipinski definition) is 3. The van der Waals surface area contributed by atoms with E-state index in [1.807, 2.05) is 0 Å². The first-order chi connectivity index (χ1) is 8.90. The first kappa shape index (κ1) is 14.5. The highest BCUT2D eigenvalue weighted by atomic mass is 79.9. The summed E-state index contributed by atoms with van der Waals surface area (Å²) < 4.78 is 25.1. The molecule has 0 unspecified atom stereocenters. The Kier molecular flexibility index (Phi) is 4.30. The normalized spacial score (nSPS) is 16.7. The Morgan fingerprint density at radius 3 is 2.53 bits per heavy atom. The third kappa shape index (κ3) is 3.36. The van der Waals surface area contributed by atoms with Crippen LogP contribution < -0.4 is 0 Å². The molecule has 0 atom stereocenters. The van der Waals surface area contributed by atoms with Gasteiger partial charge >= 0.3 is 5.97 Å². The minimum atomic E-state index is -3.44. The molecule has 1 aliphatic carbocycles. The van der Waals surface area contributed by atoms with Crippen molar-refractivity contribution in [3.05, 3.63) is 28.2 Å². The minimum absolute atomic E-state index is 0.00630. The van der Waals surface area contributed by atoms with Crippen molar-refractivity contribution < 1.29 is 18.3 Å². The zero-order valence-electron chi connectivity index (χ0n) is 10.3. The standard InChI is InChI=1S/C13H15BrO4S/c14-11-6-5-10(13(15)16)7-12(11)19(17,18)8-9-3-1-2-4-9/h5-7,9H,1-4,8H2,(H,15,16). The van der Waals surface area contributed by atoms with Gasteiger partial charge in [0.2, 0.25) is 0 Å². The number of rotatable bonds is 4. The van der Waals surface area contributed by atoms with E-state index in [1.165, 1.54) is 18.2 Å². The molecule has 0 bridgehead atoms. The molecule has 1 aliphatic rings. The molecule has 1 N–H and O–H groups in total. The molecule has 104 valence electrons. The van der Waals surface area contributed by atoms with Gasteiger partial charge in [-0.15, -0.1) is 0 Å². The van der Waals surface area contributed by atoms with Crippen LogP contribution in [0.15, 0.2) is 27.6 Å². The van der Waals surface area contributed by atoms with Crippen molar-refractivity contribution in [2.24, 2.45) is 5.92 Å². The molecule has 2 rings (SSSR count). The molecular formula is C13H15BrO4S. The molecule has 4 nitrogen and oxygen atoms in total. The molecule has 0 aliphatic heterocycles. The van der Waals surface area contributed by atoms with Crippen molar-refractivity contribution in [2.45, 2.75) is 30.6 Å². The van der Waals surface area contributed by atoms with Crippen molar-refractivity contribution in [3.8, 4) is 0 Å². The third-order valence-corrected chi connectivity index (χ3v) is 6.32. The number of benzene rings is 1. The van der Waals surface area contributed by atoms with Crippen molar-refractivity contribution in [3.63, 3.8) is 0 Å². The lowest BCUT2D eigenvalue weighted by atomic mass is 10.1. The Morgan fingerprint density at radius 2 is 1.95 bits per heavy atom. The fourth-order valence-electron chi connectivity index (χ4n) is 2.45. The summed E-state index contributed by atoms with van der Waals surface area (Å²) in [6.07, 6.45) is 4.04. The number of carboxylic acid groups (broad SMARTS) is 1. The Labute approximate surface area is 120 Å². The largest absolute Gasteiger partial charge is 0.478 e. The van der Waals surface area contributed by atoms with Crippen LogP contribution in [-0.2, 0) is 9.84 Å². The molecule has 0 amide bonds. The van der Waals surface area contributed by atoms with E-state index in [4.69, 9.17) is 5.11 Å². The first-order valence-electron chi connectivity index (χ1n) is 6.16. The van der Waals surface area contributed by atoms with Gasteiger partial charge in [0.15, 0.2) is 9.84 Å². The van der Waals surface area contributed by atoms with Crippen LogP contribution in [0.2, 0.25) is 0 Å². The molecule has 0 heterocycles. The van der Waals surface area contributed by atoms with Gasteiger partial charge < -0.3 is 5.11 Å². The van der Waals surface area contributed by atoms with Crippen LogP contribution in [0.5, 0.6) is 0 Å². The third-order valence-electron chi connectivity index (χ3n) is 3.44. The highest BCUT2D eigenvalue weighted by molar-refractivity contribution is 9.10. The van der Waals surface area contributed by atoms with Crippen LogP contribution in [0.1, 0.15) is 36.0 Å². The number of carbonyl (C=O) groups is 1. The van der Waals surface area contributed by atoms with E-state index in [1.54, 1.807) is 0 Å². The Bertz CT molecular complexity index is 589. The van der Waals surface area contributed by atoms with Crippen LogP contribution in [0, 0.1) is 5.92 Å². The summed E-state index contributed by atoms with van der Waals surface area (Å²) in [4.78, 5) is 11.0. The van der Waals surface area contributed by atoms with Gasteiger partial charge in [-0.25, -0.2) is 13.2 Å². The molecular weight excluding hydrogens is 332 g/mol. The van der Waals surface area contributed by atoms with E-state index in [2.05, 4.69) is 15.9 Å². The molecule has 1 fully saturated rings. The Balaban J connectivity index is 2.33. The molecule has 1 saturated carbocycles. The molecule has 6 heteroatoms. The second-order valence-electron chi connectivity index (χ2n) is 4.88. The molecule has 0 spiro atoms. The van der Waals surface area contributed by atoms with E-state index in [9.17, 15) is 13.2 Å². The maximum atomic E-state index is 12.4. The van der Waals surface area contributed by atoms with Gasteiger partial charge in [0.05, 0.1) is 16.2 Å². The lowest BCUT2D eigenvalue weighted by molar-refractivity contribution is 0.0696. The van der Waals surface area contributed by atoms with Gasteiger partial charge in [0.1, 0.15) is 0 Å².